The molecular weight excluding hydrogens is 386 g/mol. The van der Waals surface area contributed by atoms with Crippen molar-refractivity contribution in [3.05, 3.63) is 66.2 Å². The Bertz CT molecular complexity index is 885. The van der Waals surface area contributed by atoms with Crippen LogP contribution in [0.1, 0.15) is 31.6 Å². The van der Waals surface area contributed by atoms with E-state index in [1.165, 1.54) is 4.90 Å². The quantitative estimate of drug-likeness (QED) is 0.613. The number of hydrogen-bond acceptors (Lipinski definition) is 4. The molecule has 3 rings (SSSR count). The fourth-order valence-electron chi connectivity index (χ4n) is 3.86. The zero-order valence-electron chi connectivity index (χ0n) is 16.7. The average Bonchev–Trinajstić information content (AvgIpc) is 2.70. The molecule has 2 aromatic rings. The number of rotatable bonds is 9. The van der Waals surface area contributed by atoms with Gasteiger partial charge >= 0.3 is 11.9 Å². The van der Waals surface area contributed by atoms with E-state index >= 15 is 0 Å². The maximum Gasteiger partial charge on any atom is 0.308 e. The average molecular weight is 411 g/mol. The van der Waals surface area contributed by atoms with Crippen molar-refractivity contribution in [1.82, 2.24) is 4.90 Å². The first-order valence-electron chi connectivity index (χ1n) is 9.96. The molecule has 1 aliphatic rings. The summed E-state index contributed by atoms with van der Waals surface area (Å²) >= 11 is 0. The van der Waals surface area contributed by atoms with Gasteiger partial charge < -0.3 is 19.8 Å². The zero-order chi connectivity index (χ0) is 21.7. The van der Waals surface area contributed by atoms with Crippen molar-refractivity contribution in [1.29, 1.82) is 0 Å². The van der Waals surface area contributed by atoms with Crippen LogP contribution in [0.3, 0.4) is 0 Å². The second kappa shape index (κ2) is 9.43. The molecule has 2 aromatic carbocycles. The normalized spacial score (nSPS) is 21.2. The van der Waals surface area contributed by atoms with Crippen molar-refractivity contribution in [3.63, 3.8) is 0 Å². The van der Waals surface area contributed by atoms with Gasteiger partial charge in [0, 0.05) is 12.1 Å². The van der Waals surface area contributed by atoms with Gasteiger partial charge in [0.2, 0.25) is 12.1 Å². The Morgan fingerprint density at radius 2 is 1.57 bits per heavy atom. The second-order valence-corrected chi connectivity index (χ2v) is 7.38. The summed E-state index contributed by atoms with van der Waals surface area (Å²) in [7, 11) is 0. The highest BCUT2D eigenvalue weighted by Crippen LogP contribution is 2.43. The zero-order valence-corrected chi connectivity index (χ0v) is 16.7. The molecule has 1 aliphatic carbocycles. The molecule has 1 amide bonds. The number of carboxylic acid groups (broad SMARTS) is 2. The molecule has 0 bridgehead atoms. The van der Waals surface area contributed by atoms with Crippen LogP contribution in [0.15, 0.2) is 60.7 Å². The molecule has 7 heteroatoms. The van der Waals surface area contributed by atoms with E-state index in [1.54, 1.807) is 12.1 Å². The van der Waals surface area contributed by atoms with Gasteiger partial charge in [0.05, 0.1) is 17.8 Å². The van der Waals surface area contributed by atoms with Gasteiger partial charge in [-0.2, -0.15) is 0 Å². The molecule has 30 heavy (non-hydrogen) atoms. The van der Waals surface area contributed by atoms with E-state index < -0.39 is 41.8 Å². The number of para-hydroxylation sites is 1. The van der Waals surface area contributed by atoms with Gasteiger partial charge in [-0.1, -0.05) is 55.5 Å². The molecule has 0 saturated heterocycles. The number of benzene rings is 2. The van der Waals surface area contributed by atoms with E-state index in [0.717, 1.165) is 5.56 Å². The van der Waals surface area contributed by atoms with Crippen LogP contribution < -0.4 is 4.74 Å². The molecule has 4 unspecified atom stereocenters. The first-order valence-corrected chi connectivity index (χ1v) is 9.96. The summed E-state index contributed by atoms with van der Waals surface area (Å²) in [5.74, 6) is -5.44. The van der Waals surface area contributed by atoms with E-state index in [0.29, 0.717) is 18.7 Å². The topological polar surface area (TPSA) is 104 Å². The summed E-state index contributed by atoms with van der Waals surface area (Å²) in [6.45, 7) is 2.27. The van der Waals surface area contributed by atoms with Crippen molar-refractivity contribution in [2.45, 2.75) is 26.0 Å². The van der Waals surface area contributed by atoms with Gasteiger partial charge in [-0.05, 0) is 25.0 Å². The Kier molecular flexibility index (Phi) is 6.72. The summed E-state index contributed by atoms with van der Waals surface area (Å²) in [5, 5.41) is 18.8. The lowest BCUT2D eigenvalue weighted by Crippen LogP contribution is -2.54. The second-order valence-electron chi connectivity index (χ2n) is 7.38. The van der Waals surface area contributed by atoms with Crippen molar-refractivity contribution in [2.75, 3.05) is 6.54 Å². The van der Waals surface area contributed by atoms with Crippen LogP contribution in [0.4, 0.5) is 0 Å². The summed E-state index contributed by atoms with van der Waals surface area (Å²) in [6.07, 6.45) is -0.0996. The Morgan fingerprint density at radius 3 is 2.10 bits per heavy atom. The smallest absolute Gasteiger partial charge is 0.308 e. The van der Waals surface area contributed by atoms with Crippen LogP contribution in [-0.4, -0.2) is 39.5 Å². The molecule has 0 radical (unpaired) electrons. The predicted molar refractivity (Wildman–Crippen MR) is 109 cm³/mol. The van der Waals surface area contributed by atoms with Gasteiger partial charge in [-0.25, -0.2) is 0 Å². The molecule has 7 nitrogen and oxygen atoms in total. The van der Waals surface area contributed by atoms with E-state index in [9.17, 15) is 24.6 Å². The highest BCUT2D eigenvalue weighted by atomic mass is 16.5. The van der Waals surface area contributed by atoms with Gasteiger partial charge in [0.25, 0.3) is 0 Å². The van der Waals surface area contributed by atoms with E-state index in [1.807, 2.05) is 55.5 Å². The minimum atomic E-state index is -1.26. The number of carbonyl (C=O) groups is 3. The molecule has 0 spiro atoms. The van der Waals surface area contributed by atoms with E-state index in [4.69, 9.17) is 4.74 Å². The Hall–Kier alpha value is -3.35. The Labute approximate surface area is 174 Å². The Balaban J connectivity index is 1.92. The van der Waals surface area contributed by atoms with Crippen LogP contribution in [0, 0.1) is 17.8 Å². The highest BCUT2D eigenvalue weighted by molar-refractivity contribution is 5.91. The molecule has 0 heterocycles. The monoisotopic (exact) mass is 411 g/mol. The van der Waals surface area contributed by atoms with Gasteiger partial charge in [-0.3, -0.25) is 14.4 Å². The van der Waals surface area contributed by atoms with Gasteiger partial charge in [0.15, 0.2) is 0 Å². The van der Waals surface area contributed by atoms with Crippen molar-refractivity contribution in [2.24, 2.45) is 17.8 Å². The summed E-state index contributed by atoms with van der Waals surface area (Å²) < 4.78 is 6.17. The summed E-state index contributed by atoms with van der Waals surface area (Å²) in [6, 6.07) is 18.3. The summed E-state index contributed by atoms with van der Waals surface area (Å²) in [4.78, 5) is 37.9. The molecular formula is C23H25NO6. The van der Waals surface area contributed by atoms with Crippen molar-refractivity contribution < 1.29 is 29.3 Å². The standard InChI is InChI=1S/C23H25NO6/c1-2-13-24(20(25)17-14-18(22(26)27)19(17)23(28)29)21(15-9-5-3-6-10-15)30-16-11-7-4-8-12-16/h3-12,17-19,21H,2,13-14H2,1H3,(H,26,27)(H,28,29). The molecule has 1 saturated carbocycles. The minimum absolute atomic E-state index is 0.0121. The third kappa shape index (κ3) is 4.45. The lowest BCUT2D eigenvalue weighted by molar-refractivity contribution is -0.174. The lowest BCUT2D eigenvalue weighted by Gasteiger charge is -2.42. The molecule has 158 valence electrons. The van der Waals surface area contributed by atoms with Gasteiger partial charge in [0.1, 0.15) is 5.75 Å². The maximum absolute atomic E-state index is 13.4. The lowest BCUT2D eigenvalue weighted by atomic mass is 9.64. The van der Waals surface area contributed by atoms with Crippen LogP contribution in [0.25, 0.3) is 0 Å². The fourth-order valence-corrected chi connectivity index (χ4v) is 3.86. The number of carbonyl (C=O) groups excluding carboxylic acids is 1. The molecule has 2 N–H and O–H groups in total. The third-order valence-corrected chi connectivity index (χ3v) is 5.40. The Morgan fingerprint density at radius 1 is 0.967 bits per heavy atom. The minimum Gasteiger partial charge on any atom is -0.481 e. The number of nitrogens with zero attached hydrogens (tertiary/aromatic N) is 1. The van der Waals surface area contributed by atoms with Crippen LogP contribution in [0.5, 0.6) is 5.75 Å². The molecule has 1 fully saturated rings. The fraction of sp³-hybridized carbons (Fsp3) is 0.348. The van der Waals surface area contributed by atoms with E-state index in [-0.39, 0.29) is 6.42 Å². The van der Waals surface area contributed by atoms with Crippen molar-refractivity contribution >= 4 is 17.8 Å². The summed E-state index contributed by atoms with van der Waals surface area (Å²) in [5.41, 5.74) is 0.754. The van der Waals surface area contributed by atoms with Crippen LogP contribution in [0.2, 0.25) is 0 Å². The molecule has 4 atom stereocenters. The highest BCUT2D eigenvalue weighted by Gasteiger charge is 2.54. The third-order valence-electron chi connectivity index (χ3n) is 5.40. The number of ether oxygens (including phenoxy) is 1. The maximum atomic E-state index is 13.4. The SMILES string of the molecule is CCCN(C(=O)C1CC(C(=O)O)C1C(=O)O)C(Oc1ccccc1)c1ccccc1. The van der Waals surface area contributed by atoms with Crippen LogP contribution in [-0.2, 0) is 14.4 Å². The number of hydrogen-bond donors (Lipinski definition) is 2. The molecule has 0 aromatic heterocycles. The number of carboxylic acids is 2. The number of amides is 1. The predicted octanol–water partition coefficient (Wildman–Crippen LogP) is 3.42. The van der Waals surface area contributed by atoms with Crippen molar-refractivity contribution in [3.8, 4) is 5.75 Å². The first kappa shape index (κ1) is 21.4. The first-order chi connectivity index (χ1) is 14.4. The van der Waals surface area contributed by atoms with E-state index in [2.05, 4.69) is 0 Å². The van der Waals surface area contributed by atoms with Crippen LogP contribution >= 0.6 is 0 Å². The largest absolute Gasteiger partial charge is 0.481 e. The van der Waals surface area contributed by atoms with Gasteiger partial charge in [-0.15, -0.1) is 0 Å². The molecule has 0 aliphatic heterocycles. The number of aliphatic carboxylic acids is 2.